The molecule has 2 rings (SSSR count). The number of amides is 1. The summed E-state index contributed by atoms with van der Waals surface area (Å²) in [6.07, 6.45) is 3.19. The molecule has 1 heterocycles. The van der Waals surface area contributed by atoms with Crippen molar-refractivity contribution >= 4 is 34.5 Å². The van der Waals surface area contributed by atoms with Crippen LogP contribution in [-0.2, 0) is 11.2 Å². The number of nitrogens with zero attached hydrogens (tertiary/aromatic N) is 1. The number of hydrogen-bond acceptors (Lipinski definition) is 3. The highest BCUT2D eigenvalue weighted by Crippen LogP contribution is 2.14. The molecule has 0 saturated carbocycles. The van der Waals surface area contributed by atoms with E-state index in [9.17, 15) is 14.7 Å². The molecule has 2 aromatic rings. The molecule has 0 aliphatic carbocycles. The molecule has 0 radical (unpaired) electrons. The maximum Gasteiger partial charge on any atom is 0.326 e. The van der Waals surface area contributed by atoms with Crippen LogP contribution in [0.25, 0.3) is 0 Å². The van der Waals surface area contributed by atoms with Gasteiger partial charge < -0.3 is 10.4 Å². The SMILES string of the molecule is O=C(N[C@@H](Cc1ccccc1I)C(=O)O)c1cccnc1. The molecule has 0 fully saturated rings. The van der Waals surface area contributed by atoms with Gasteiger partial charge in [-0.3, -0.25) is 9.78 Å². The normalized spacial score (nSPS) is 11.7. The average Bonchev–Trinajstić information content (AvgIpc) is 2.49. The molecule has 1 aromatic carbocycles. The van der Waals surface area contributed by atoms with Crippen LogP contribution in [0.4, 0.5) is 0 Å². The summed E-state index contributed by atoms with van der Waals surface area (Å²) in [4.78, 5) is 27.2. The zero-order valence-electron chi connectivity index (χ0n) is 11.0. The molecule has 0 aliphatic rings. The van der Waals surface area contributed by atoms with E-state index in [1.54, 1.807) is 18.3 Å². The Kier molecular flexibility index (Phi) is 5.26. The Bertz CT molecular complexity index is 646. The van der Waals surface area contributed by atoms with Gasteiger partial charge in [0.25, 0.3) is 5.91 Å². The van der Waals surface area contributed by atoms with Gasteiger partial charge in [-0.25, -0.2) is 4.79 Å². The van der Waals surface area contributed by atoms with Crippen molar-refractivity contribution in [1.82, 2.24) is 10.3 Å². The second-order valence-electron chi connectivity index (χ2n) is 4.40. The van der Waals surface area contributed by atoms with Crippen molar-refractivity contribution in [2.24, 2.45) is 0 Å². The Morgan fingerprint density at radius 3 is 2.62 bits per heavy atom. The molecule has 1 amide bonds. The van der Waals surface area contributed by atoms with Gasteiger partial charge in [0.1, 0.15) is 6.04 Å². The first kappa shape index (κ1) is 15.4. The molecule has 5 nitrogen and oxygen atoms in total. The minimum absolute atomic E-state index is 0.237. The third-order valence-electron chi connectivity index (χ3n) is 2.91. The number of aromatic nitrogens is 1. The molecule has 108 valence electrons. The molecule has 0 unspecified atom stereocenters. The lowest BCUT2D eigenvalue weighted by Gasteiger charge is -2.15. The molecule has 0 saturated heterocycles. The van der Waals surface area contributed by atoms with Crippen LogP contribution < -0.4 is 5.32 Å². The van der Waals surface area contributed by atoms with E-state index in [-0.39, 0.29) is 6.42 Å². The lowest BCUT2D eigenvalue weighted by atomic mass is 10.1. The Balaban J connectivity index is 2.12. The van der Waals surface area contributed by atoms with Crippen LogP contribution in [0.15, 0.2) is 48.8 Å². The molecule has 0 spiro atoms. The number of carboxylic acid groups (broad SMARTS) is 1. The van der Waals surface area contributed by atoms with E-state index in [0.717, 1.165) is 9.13 Å². The average molecular weight is 396 g/mol. The molecule has 2 N–H and O–H groups in total. The minimum atomic E-state index is -1.06. The number of carbonyl (C=O) groups is 2. The fraction of sp³-hybridized carbons (Fsp3) is 0.133. The quantitative estimate of drug-likeness (QED) is 0.759. The maximum absolute atomic E-state index is 12.0. The Hall–Kier alpha value is -1.96. The molecular formula is C15H13IN2O3. The highest BCUT2D eigenvalue weighted by molar-refractivity contribution is 14.1. The number of aliphatic carboxylic acids is 1. The summed E-state index contributed by atoms with van der Waals surface area (Å²) in [7, 11) is 0. The van der Waals surface area contributed by atoms with Crippen molar-refractivity contribution in [3.05, 3.63) is 63.5 Å². The molecule has 1 atom stereocenters. The number of hydrogen-bond donors (Lipinski definition) is 2. The molecule has 0 aliphatic heterocycles. The van der Waals surface area contributed by atoms with Gasteiger partial charge in [0, 0.05) is 22.4 Å². The number of carbonyl (C=O) groups excluding carboxylic acids is 1. The van der Waals surface area contributed by atoms with Crippen molar-refractivity contribution in [3.63, 3.8) is 0 Å². The van der Waals surface area contributed by atoms with E-state index in [2.05, 4.69) is 32.9 Å². The number of rotatable bonds is 5. The summed E-state index contributed by atoms with van der Waals surface area (Å²) >= 11 is 2.15. The Morgan fingerprint density at radius 1 is 1.24 bits per heavy atom. The van der Waals surface area contributed by atoms with Gasteiger partial charge in [0.05, 0.1) is 5.56 Å². The smallest absolute Gasteiger partial charge is 0.326 e. The van der Waals surface area contributed by atoms with Crippen molar-refractivity contribution in [2.75, 3.05) is 0 Å². The number of nitrogens with one attached hydrogen (secondary N) is 1. The number of pyridine rings is 1. The van der Waals surface area contributed by atoms with Crippen molar-refractivity contribution in [2.45, 2.75) is 12.5 Å². The van der Waals surface area contributed by atoms with Crippen LogP contribution in [0.3, 0.4) is 0 Å². The van der Waals surface area contributed by atoms with E-state index < -0.39 is 17.9 Å². The van der Waals surface area contributed by atoms with E-state index >= 15 is 0 Å². The van der Waals surface area contributed by atoms with Crippen LogP contribution in [-0.4, -0.2) is 28.0 Å². The lowest BCUT2D eigenvalue weighted by molar-refractivity contribution is -0.139. The Morgan fingerprint density at radius 2 is 2.00 bits per heavy atom. The molecule has 1 aromatic heterocycles. The second kappa shape index (κ2) is 7.16. The van der Waals surface area contributed by atoms with Crippen molar-refractivity contribution in [3.8, 4) is 0 Å². The van der Waals surface area contributed by atoms with Gasteiger partial charge in [-0.2, -0.15) is 0 Å². The molecule has 21 heavy (non-hydrogen) atoms. The standard InChI is InChI=1S/C15H13IN2O3/c16-12-6-2-1-4-10(12)8-13(15(20)21)18-14(19)11-5-3-7-17-9-11/h1-7,9,13H,8H2,(H,18,19)(H,20,21)/t13-/m0/s1. The zero-order chi connectivity index (χ0) is 15.2. The molecular weight excluding hydrogens is 383 g/mol. The predicted octanol–water partition coefficient (Wildman–Crippen LogP) is 2.11. The fourth-order valence-electron chi connectivity index (χ4n) is 1.82. The number of halogens is 1. The summed E-state index contributed by atoms with van der Waals surface area (Å²) in [6, 6.07) is 9.73. The summed E-state index contributed by atoms with van der Waals surface area (Å²) in [5.41, 5.74) is 1.23. The second-order valence-corrected chi connectivity index (χ2v) is 5.56. The van der Waals surface area contributed by atoms with E-state index in [4.69, 9.17) is 0 Å². The third kappa shape index (κ3) is 4.25. The zero-order valence-corrected chi connectivity index (χ0v) is 13.1. The van der Waals surface area contributed by atoms with Crippen molar-refractivity contribution in [1.29, 1.82) is 0 Å². The summed E-state index contributed by atoms with van der Waals surface area (Å²) in [6.45, 7) is 0. The lowest BCUT2D eigenvalue weighted by Crippen LogP contribution is -2.42. The predicted molar refractivity (Wildman–Crippen MR) is 86.0 cm³/mol. The minimum Gasteiger partial charge on any atom is -0.480 e. The van der Waals surface area contributed by atoms with Crippen LogP contribution in [0.2, 0.25) is 0 Å². The fourth-order valence-corrected chi connectivity index (χ4v) is 2.43. The van der Waals surface area contributed by atoms with E-state index in [0.29, 0.717) is 5.56 Å². The Labute approximate surface area is 135 Å². The van der Waals surface area contributed by atoms with Crippen LogP contribution in [0, 0.1) is 3.57 Å². The van der Waals surface area contributed by atoms with E-state index in [1.165, 1.54) is 6.20 Å². The van der Waals surface area contributed by atoms with Crippen LogP contribution in [0.1, 0.15) is 15.9 Å². The van der Waals surface area contributed by atoms with Gasteiger partial charge in [0.2, 0.25) is 0 Å². The molecule has 0 bridgehead atoms. The van der Waals surface area contributed by atoms with Gasteiger partial charge in [-0.15, -0.1) is 0 Å². The van der Waals surface area contributed by atoms with Gasteiger partial charge in [0.15, 0.2) is 0 Å². The summed E-state index contributed by atoms with van der Waals surface area (Å²) in [5, 5.41) is 11.8. The van der Waals surface area contributed by atoms with Gasteiger partial charge in [-0.1, -0.05) is 18.2 Å². The number of carboxylic acids is 1. The monoisotopic (exact) mass is 396 g/mol. The summed E-state index contributed by atoms with van der Waals surface area (Å²) < 4.78 is 0.969. The first-order chi connectivity index (χ1) is 10.1. The van der Waals surface area contributed by atoms with E-state index in [1.807, 2.05) is 24.3 Å². The highest BCUT2D eigenvalue weighted by atomic mass is 127. The first-order valence-electron chi connectivity index (χ1n) is 6.25. The summed E-state index contributed by atoms with van der Waals surface area (Å²) in [5.74, 6) is -1.51. The number of benzene rings is 1. The topological polar surface area (TPSA) is 79.3 Å². The molecule has 6 heteroatoms. The largest absolute Gasteiger partial charge is 0.480 e. The van der Waals surface area contributed by atoms with Crippen LogP contribution >= 0.6 is 22.6 Å². The maximum atomic E-state index is 12.0. The van der Waals surface area contributed by atoms with Crippen LogP contribution in [0.5, 0.6) is 0 Å². The van der Waals surface area contributed by atoms with Gasteiger partial charge >= 0.3 is 5.97 Å². The third-order valence-corrected chi connectivity index (χ3v) is 3.96. The first-order valence-corrected chi connectivity index (χ1v) is 7.33. The van der Waals surface area contributed by atoms with Crippen molar-refractivity contribution < 1.29 is 14.7 Å². The highest BCUT2D eigenvalue weighted by Gasteiger charge is 2.21. The van der Waals surface area contributed by atoms with Gasteiger partial charge in [-0.05, 0) is 46.4 Å².